The Morgan fingerprint density at radius 1 is 1.21 bits per heavy atom. The number of nitrogen functional groups attached to an aromatic ring is 1. The summed E-state index contributed by atoms with van der Waals surface area (Å²) in [5, 5.41) is 0. The summed E-state index contributed by atoms with van der Waals surface area (Å²) in [5.74, 6) is 1.29. The second-order valence-electron chi connectivity index (χ2n) is 4.65. The first-order valence-corrected chi connectivity index (χ1v) is 6.85. The zero-order valence-corrected chi connectivity index (χ0v) is 12.7. The number of nitrogens with two attached hydrogens (primary N) is 1. The molecule has 0 aliphatic rings. The van der Waals surface area contributed by atoms with Crippen molar-refractivity contribution in [1.29, 1.82) is 0 Å². The van der Waals surface area contributed by atoms with Crippen LogP contribution in [0.3, 0.4) is 0 Å². The molecule has 0 fully saturated rings. The average molecular weight is 321 g/mol. The second kappa shape index (κ2) is 6.12. The van der Waals surface area contributed by atoms with Gasteiger partial charge in [-0.05, 0) is 31.7 Å². The Hall–Kier alpha value is -1.46. The van der Waals surface area contributed by atoms with E-state index >= 15 is 0 Å². The molecule has 19 heavy (non-hydrogen) atoms. The van der Waals surface area contributed by atoms with E-state index in [0.29, 0.717) is 12.4 Å². The van der Waals surface area contributed by atoms with Crippen molar-refractivity contribution < 1.29 is 0 Å². The maximum atomic E-state index is 5.73. The standard InChI is InChI=1S/C14H17BrN4/c1-10-6-13(16)18-14(17-10)9-19(2)8-11-4-3-5-12(15)7-11/h3-7H,8-9H2,1-2H3,(H2,16,17,18). The van der Waals surface area contributed by atoms with Gasteiger partial charge in [-0.2, -0.15) is 0 Å². The summed E-state index contributed by atoms with van der Waals surface area (Å²) in [6, 6.07) is 10.1. The molecule has 1 heterocycles. The lowest BCUT2D eigenvalue weighted by atomic mass is 10.2. The van der Waals surface area contributed by atoms with E-state index in [1.807, 2.05) is 26.1 Å². The zero-order valence-electron chi connectivity index (χ0n) is 11.1. The van der Waals surface area contributed by atoms with Crippen LogP contribution in [0.1, 0.15) is 17.1 Å². The lowest BCUT2D eigenvalue weighted by Gasteiger charge is -2.16. The summed E-state index contributed by atoms with van der Waals surface area (Å²) < 4.78 is 1.09. The Bertz CT molecular complexity index is 551. The molecule has 1 aromatic carbocycles. The van der Waals surface area contributed by atoms with Gasteiger partial charge in [0.1, 0.15) is 11.6 Å². The molecule has 1 aromatic heterocycles. The van der Waals surface area contributed by atoms with E-state index in [9.17, 15) is 0 Å². The van der Waals surface area contributed by atoms with Crippen molar-refractivity contribution >= 4 is 21.7 Å². The fourth-order valence-electron chi connectivity index (χ4n) is 1.97. The Morgan fingerprint density at radius 2 is 2.00 bits per heavy atom. The molecule has 100 valence electrons. The smallest absolute Gasteiger partial charge is 0.144 e. The first kappa shape index (κ1) is 14.0. The van der Waals surface area contributed by atoms with Crippen molar-refractivity contribution in [2.45, 2.75) is 20.0 Å². The van der Waals surface area contributed by atoms with Gasteiger partial charge in [0, 0.05) is 22.8 Å². The Labute approximate surface area is 121 Å². The van der Waals surface area contributed by atoms with E-state index in [2.05, 4.69) is 42.9 Å². The highest BCUT2D eigenvalue weighted by Crippen LogP contribution is 2.13. The van der Waals surface area contributed by atoms with Crippen LogP contribution in [0.15, 0.2) is 34.8 Å². The van der Waals surface area contributed by atoms with Gasteiger partial charge < -0.3 is 5.73 Å². The molecule has 0 amide bonds. The van der Waals surface area contributed by atoms with E-state index < -0.39 is 0 Å². The van der Waals surface area contributed by atoms with Crippen LogP contribution in [-0.2, 0) is 13.1 Å². The van der Waals surface area contributed by atoms with Gasteiger partial charge in [0.05, 0.1) is 6.54 Å². The van der Waals surface area contributed by atoms with Crippen LogP contribution in [0.5, 0.6) is 0 Å². The molecule has 0 saturated heterocycles. The molecule has 0 saturated carbocycles. The van der Waals surface area contributed by atoms with Crippen molar-refractivity contribution in [3.8, 4) is 0 Å². The summed E-state index contributed by atoms with van der Waals surface area (Å²) >= 11 is 3.48. The van der Waals surface area contributed by atoms with Crippen LogP contribution >= 0.6 is 15.9 Å². The van der Waals surface area contributed by atoms with Crippen LogP contribution in [0.25, 0.3) is 0 Å². The number of nitrogens with zero attached hydrogens (tertiary/aromatic N) is 3. The fourth-order valence-corrected chi connectivity index (χ4v) is 2.42. The van der Waals surface area contributed by atoms with Gasteiger partial charge in [-0.15, -0.1) is 0 Å². The maximum Gasteiger partial charge on any atom is 0.144 e. The first-order chi connectivity index (χ1) is 9.02. The predicted octanol–water partition coefficient (Wildman–Crippen LogP) is 2.76. The highest BCUT2D eigenvalue weighted by molar-refractivity contribution is 9.10. The molecule has 4 nitrogen and oxygen atoms in total. The van der Waals surface area contributed by atoms with Crippen LogP contribution < -0.4 is 5.73 Å². The van der Waals surface area contributed by atoms with Crippen molar-refractivity contribution in [1.82, 2.24) is 14.9 Å². The van der Waals surface area contributed by atoms with E-state index in [4.69, 9.17) is 5.73 Å². The van der Waals surface area contributed by atoms with Crippen LogP contribution in [0, 0.1) is 6.92 Å². The lowest BCUT2D eigenvalue weighted by molar-refractivity contribution is 0.310. The van der Waals surface area contributed by atoms with Gasteiger partial charge in [0.15, 0.2) is 0 Å². The van der Waals surface area contributed by atoms with Gasteiger partial charge in [-0.1, -0.05) is 28.1 Å². The summed E-state index contributed by atoms with van der Waals surface area (Å²) in [4.78, 5) is 10.8. The van der Waals surface area contributed by atoms with Gasteiger partial charge in [-0.25, -0.2) is 9.97 Å². The van der Waals surface area contributed by atoms with Crippen LogP contribution in [-0.4, -0.2) is 21.9 Å². The number of aromatic nitrogens is 2. The van der Waals surface area contributed by atoms with Gasteiger partial charge in [-0.3, -0.25) is 4.90 Å². The quantitative estimate of drug-likeness (QED) is 0.941. The molecule has 0 bridgehead atoms. The van der Waals surface area contributed by atoms with E-state index in [-0.39, 0.29) is 0 Å². The number of anilines is 1. The van der Waals surface area contributed by atoms with Crippen molar-refractivity contribution in [3.63, 3.8) is 0 Å². The summed E-state index contributed by atoms with van der Waals surface area (Å²) in [7, 11) is 2.04. The Morgan fingerprint density at radius 3 is 2.68 bits per heavy atom. The second-order valence-corrected chi connectivity index (χ2v) is 5.57. The molecule has 5 heteroatoms. The molecule has 0 unspecified atom stereocenters. The third-order valence-electron chi connectivity index (χ3n) is 2.67. The molecule has 0 spiro atoms. The number of rotatable bonds is 4. The largest absolute Gasteiger partial charge is 0.384 e. The number of aryl methyl sites for hydroxylation is 1. The van der Waals surface area contributed by atoms with Crippen LogP contribution in [0.4, 0.5) is 5.82 Å². The molecule has 0 atom stereocenters. The van der Waals surface area contributed by atoms with Crippen molar-refractivity contribution in [3.05, 3.63) is 51.9 Å². The summed E-state index contributed by atoms with van der Waals surface area (Å²) in [6.07, 6.45) is 0. The topological polar surface area (TPSA) is 55.0 Å². The zero-order chi connectivity index (χ0) is 13.8. The number of halogens is 1. The molecular formula is C14H17BrN4. The third kappa shape index (κ3) is 4.29. The number of benzene rings is 1. The lowest BCUT2D eigenvalue weighted by Crippen LogP contribution is -2.19. The van der Waals surface area contributed by atoms with Gasteiger partial charge >= 0.3 is 0 Å². The van der Waals surface area contributed by atoms with Crippen molar-refractivity contribution in [2.75, 3.05) is 12.8 Å². The Balaban J connectivity index is 2.03. The number of hydrogen-bond donors (Lipinski definition) is 1. The average Bonchev–Trinajstić information content (AvgIpc) is 2.26. The molecule has 0 aliphatic carbocycles. The maximum absolute atomic E-state index is 5.73. The Kier molecular flexibility index (Phi) is 4.50. The summed E-state index contributed by atoms with van der Waals surface area (Å²) in [6.45, 7) is 3.45. The van der Waals surface area contributed by atoms with E-state index in [0.717, 1.165) is 22.5 Å². The molecule has 0 aliphatic heterocycles. The molecule has 2 N–H and O–H groups in total. The SMILES string of the molecule is Cc1cc(N)nc(CN(C)Cc2cccc(Br)c2)n1. The minimum Gasteiger partial charge on any atom is -0.384 e. The normalized spacial score (nSPS) is 10.9. The highest BCUT2D eigenvalue weighted by atomic mass is 79.9. The molecular weight excluding hydrogens is 304 g/mol. The minimum atomic E-state index is 0.526. The molecule has 2 rings (SSSR count). The highest BCUT2D eigenvalue weighted by Gasteiger charge is 2.06. The number of hydrogen-bond acceptors (Lipinski definition) is 4. The van der Waals surface area contributed by atoms with E-state index in [1.54, 1.807) is 6.07 Å². The molecule has 0 radical (unpaired) electrons. The molecule has 2 aromatic rings. The minimum absolute atomic E-state index is 0.526. The third-order valence-corrected chi connectivity index (χ3v) is 3.17. The van der Waals surface area contributed by atoms with Gasteiger partial charge in [0.2, 0.25) is 0 Å². The monoisotopic (exact) mass is 320 g/mol. The first-order valence-electron chi connectivity index (χ1n) is 6.06. The van der Waals surface area contributed by atoms with Crippen molar-refractivity contribution in [2.24, 2.45) is 0 Å². The predicted molar refractivity (Wildman–Crippen MR) is 80.5 cm³/mol. The van der Waals surface area contributed by atoms with E-state index in [1.165, 1.54) is 5.56 Å². The van der Waals surface area contributed by atoms with Crippen LogP contribution in [0.2, 0.25) is 0 Å². The fraction of sp³-hybridized carbons (Fsp3) is 0.286. The van der Waals surface area contributed by atoms with Gasteiger partial charge in [0.25, 0.3) is 0 Å². The summed E-state index contributed by atoms with van der Waals surface area (Å²) in [5.41, 5.74) is 7.88.